The molecule has 0 aliphatic heterocycles. The summed E-state index contributed by atoms with van der Waals surface area (Å²) in [5.74, 6) is 0. The molecule has 2 nitrogen and oxygen atoms in total. The molecule has 2 unspecified atom stereocenters. The number of rotatable bonds is 5. The highest BCUT2D eigenvalue weighted by Gasteiger charge is 2.53. The van der Waals surface area contributed by atoms with Gasteiger partial charge in [0.15, 0.2) is 0 Å². The Labute approximate surface area is 290 Å². The number of allylic oxidation sites excluding steroid dienone is 5. The number of hydrogen-bond acceptors (Lipinski definition) is 1. The van der Waals surface area contributed by atoms with Gasteiger partial charge >= 0.3 is 0 Å². The lowest BCUT2D eigenvalue weighted by atomic mass is 9.64. The molecule has 3 aliphatic carbocycles. The molecular weight excluding hydrogens is 593 g/mol. The Morgan fingerprint density at radius 1 is 0.592 bits per heavy atom. The van der Waals surface area contributed by atoms with Gasteiger partial charge in [0.25, 0.3) is 0 Å². The van der Waals surface area contributed by atoms with Gasteiger partial charge in [0.2, 0.25) is 0 Å². The first-order valence-electron chi connectivity index (χ1n) is 18.0. The van der Waals surface area contributed by atoms with Crippen molar-refractivity contribution in [1.29, 1.82) is 0 Å². The van der Waals surface area contributed by atoms with Gasteiger partial charge < -0.3 is 9.47 Å². The van der Waals surface area contributed by atoms with Gasteiger partial charge in [0.1, 0.15) is 0 Å². The van der Waals surface area contributed by atoms with Crippen molar-refractivity contribution in [3.63, 3.8) is 0 Å². The molecule has 0 saturated heterocycles. The smallest absolute Gasteiger partial charge is 0.0605 e. The summed E-state index contributed by atoms with van der Waals surface area (Å²) >= 11 is 0. The van der Waals surface area contributed by atoms with Crippen LogP contribution in [0.2, 0.25) is 0 Å². The number of hydrogen-bond donors (Lipinski definition) is 0. The zero-order chi connectivity index (χ0) is 33.4. The van der Waals surface area contributed by atoms with Gasteiger partial charge in [-0.1, -0.05) is 123 Å². The lowest BCUT2D eigenvalue weighted by Crippen LogP contribution is -2.50. The van der Waals surface area contributed by atoms with Crippen molar-refractivity contribution in [3.8, 4) is 5.69 Å². The standard InChI is InChI=1S/C47H44N2/c1-45(2)40-20-12-13-21-41(40)47(4)30-29-46(3,32-44(45)47)49(36-17-9-6-10-18-36)37-26-23-33(24-27-37)34-25-28-43-39(31-34)38-19-11-14-22-42(38)48(43)35-15-7-5-8-16-35/h5-23,25-26,28,31-32H,24,27,29-30H2,1-4H3. The maximum absolute atomic E-state index is 2.67. The quantitative estimate of drug-likeness (QED) is 0.171. The maximum atomic E-state index is 2.67. The van der Waals surface area contributed by atoms with E-state index in [4.69, 9.17) is 0 Å². The average molecular weight is 637 g/mol. The molecule has 0 fully saturated rings. The van der Waals surface area contributed by atoms with Crippen LogP contribution >= 0.6 is 0 Å². The summed E-state index contributed by atoms with van der Waals surface area (Å²) < 4.78 is 2.40. The van der Waals surface area contributed by atoms with E-state index in [9.17, 15) is 0 Å². The highest BCUT2D eigenvalue weighted by molar-refractivity contribution is 6.10. The fourth-order valence-corrected chi connectivity index (χ4v) is 9.61. The van der Waals surface area contributed by atoms with Gasteiger partial charge in [0.05, 0.1) is 16.6 Å². The van der Waals surface area contributed by atoms with Crippen molar-refractivity contribution in [2.45, 2.75) is 69.7 Å². The molecule has 49 heavy (non-hydrogen) atoms. The van der Waals surface area contributed by atoms with Gasteiger partial charge in [-0.15, -0.1) is 0 Å². The van der Waals surface area contributed by atoms with Crippen molar-refractivity contribution in [2.75, 3.05) is 4.90 Å². The topological polar surface area (TPSA) is 8.17 Å². The third-order valence-corrected chi connectivity index (χ3v) is 12.0. The molecule has 0 amide bonds. The van der Waals surface area contributed by atoms with Crippen LogP contribution in [0.4, 0.5) is 5.69 Å². The average Bonchev–Trinajstić information content (AvgIpc) is 3.56. The highest BCUT2D eigenvalue weighted by atomic mass is 15.2. The fourth-order valence-electron chi connectivity index (χ4n) is 9.61. The Kier molecular flexibility index (Phi) is 6.72. The number of fused-ring (bicyclic) bond motifs is 6. The molecule has 0 saturated carbocycles. The maximum Gasteiger partial charge on any atom is 0.0605 e. The summed E-state index contributed by atoms with van der Waals surface area (Å²) in [6.07, 6.45) is 11.7. The number of para-hydroxylation sites is 3. The third kappa shape index (κ3) is 4.53. The predicted molar refractivity (Wildman–Crippen MR) is 208 cm³/mol. The van der Waals surface area contributed by atoms with E-state index in [2.05, 4.69) is 183 Å². The second kappa shape index (κ2) is 11.0. The van der Waals surface area contributed by atoms with Crippen molar-refractivity contribution in [3.05, 3.63) is 174 Å². The summed E-state index contributed by atoms with van der Waals surface area (Å²) in [6.45, 7) is 9.83. The third-order valence-electron chi connectivity index (χ3n) is 12.0. The van der Waals surface area contributed by atoms with Crippen LogP contribution in [0.1, 0.15) is 70.1 Å². The molecule has 6 aromatic rings. The van der Waals surface area contributed by atoms with Crippen LogP contribution in [-0.4, -0.2) is 10.1 Å². The molecule has 3 aliphatic rings. The summed E-state index contributed by atoms with van der Waals surface area (Å²) in [5.41, 5.74) is 13.6. The van der Waals surface area contributed by atoms with E-state index in [0.717, 1.165) is 25.7 Å². The van der Waals surface area contributed by atoms with Crippen molar-refractivity contribution in [1.82, 2.24) is 4.57 Å². The Morgan fingerprint density at radius 3 is 2.02 bits per heavy atom. The fraction of sp³-hybridized carbons (Fsp3) is 0.234. The second-order valence-electron chi connectivity index (χ2n) is 15.4. The van der Waals surface area contributed by atoms with Crippen LogP contribution in [0, 0.1) is 0 Å². The molecule has 5 aromatic carbocycles. The summed E-state index contributed by atoms with van der Waals surface area (Å²) in [4.78, 5) is 2.67. The summed E-state index contributed by atoms with van der Waals surface area (Å²) in [5, 5.41) is 2.61. The molecule has 9 rings (SSSR count). The van der Waals surface area contributed by atoms with Crippen molar-refractivity contribution < 1.29 is 0 Å². The molecule has 242 valence electrons. The first kappa shape index (κ1) is 30.0. The molecule has 0 N–H and O–H groups in total. The highest BCUT2D eigenvalue weighted by Crippen LogP contribution is 2.59. The van der Waals surface area contributed by atoms with Crippen molar-refractivity contribution >= 4 is 33.1 Å². The zero-order valence-corrected chi connectivity index (χ0v) is 29.1. The van der Waals surface area contributed by atoms with Crippen LogP contribution in [0.5, 0.6) is 0 Å². The molecule has 1 heterocycles. The minimum absolute atomic E-state index is 0.00563. The van der Waals surface area contributed by atoms with E-state index in [0.29, 0.717) is 0 Å². The monoisotopic (exact) mass is 636 g/mol. The van der Waals surface area contributed by atoms with Gasteiger partial charge in [-0.3, -0.25) is 0 Å². The van der Waals surface area contributed by atoms with E-state index in [-0.39, 0.29) is 16.4 Å². The minimum atomic E-state index is -0.134. The van der Waals surface area contributed by atoms with E-state index in [1.807, 2.05) is 0 Å². The van der Waals surface area contributed by atoms with Crippen LogP contribution in [0.3, 0.4) is 0 Å². The van der Waals surface area contributed by atoms with Gasteiger partial charge in [-0.25, -0.2) is 0 Å². The van der Waals surface area contributed by atoms with Crippen LogP contribution in [0.15, 0.2) is 157 Å². The minimum Gasteiger partial charge on any atom is -0.336 e. The Hall–Kier alpha value is -5.08. The largest absolute Gasteiger partial charge is 0.336 e. The Balaban J connectivity index is 1.12. The van der Waals surface area contributed by atoms with Crippen LogP contribution < -0.4 is 4.90 Å². The molecular formula is C47H44N2. The Bertz CT molecular complexity index is 2330. The van der Waals surface area contributed by atoms with E-state index >= 15 is 0 Å². The SMILES string of the molecule is CC1(C)C2=CC(C)(N(C3=CC=C(c4ccc5c(c4)c4ccccc4n5-c4ccccc4)CC3)c3ccccc3)CCC2(C)c2ccccc21. The summed E-state index contributed by atoms with van der Waals surface area (Å²) in [7, 11) is 0. The molecule has 2 atom stereocenters. The first-order valence-corrected chi connectivity index (χ1v) is 18.0. The molecule has 2 heteroatoms. The lowest BCUT2D eigenvalue weighted by Gasteiger charge is -2.50. The van der Waals surface area contributed by atoms with Crippen LogP contribution in [0.25, 0.3) is 33.1 Å². The first-order chi connectivity index (χ1) is 23.8. The van der Waals surface area contributed by atoms with Gasteiger partial charge in [0, 0.05) is 38.7 Å². The lowest BCUT2D eigenvalue weighted by molar-refractivity contribution is 0.356. The van der Waals surface area contributed by atoms with E-state index in [1.54, 1.807) is 5.57 Å². The number of benzene rings is 5. The zero-order valence-electron chi connectivity index (χ0n) is 29.1. The predicted octanol–water partition coefficient (Wildman–Crippen LogP) is 12.1. The Morgan fingerprint density at radius 2 is 1.27 bits per heavy atom. The number of nitrogens with zero attached hydrogens (tertiary/aromatic N) is 2. The van der Waals surface area contributed by atoms with Crippen molar-refractivity contribution in [2.24, 2.45) is 0 Å². The molecule has 1 aromatic heterocycles. The normalized spacial score (nSPS) is 22.7. The second-order valence-corrected chi connectivity index (χ2v) is 15.4. The van der Waals surface area contributed by atoms with E-state index in [1.165, 1.54) is 61.1 Å². The number of aromatic nitrogens is 1. The molecule has 0 radical (unpaired) electrons. The van der Waals surface area contributed by atoms with E-state index < -0.39 is 0 Å². The van der Waals surface area contributed by atoms with Gasteiger partial charge in [-0.05, 0) is 103 Å². The molecule has 0 bridgehead atoms. The summed E-state index contributed by atoms with van der Waals surface area (Å²) in [6, 6.07) is 46.9. The number of anilines is 1. The van der Waals surface area contributed by atoms with Gasteiger partial charge in [-0.2, -0.15) is 0 Å². The van der Waals surface area contributed by atoms with Crippen LogP contribution in [-0.2, 0) is 10.8 Å². The molecule has 0 spiro atoms.